The van der Waals surface area contributed by atoms with E-state index in [-0.39, 0.29) is 11.9 Å². The minimum absolute atomic E-state index is 0.0791. The van der Waals surface area contributed by atoms with Crippen molar-refractivity contribution >= 4 is 5.97 Å². The fourth-order valence-electron chi connectivity index (χ4n) is 2.46. The summed E-state index contributed by atoms with van der Waals surface area (Å²) in [6.45, 7) is 1.27. The van der Waals surface area contributed by atoms with Crippen LogP contribution in [0.15, 0.2) is 30.3 Å². The van der Waals surface area contributed by atoms with Gasteiger partial charge in [-0.2, -0.15) is 0 Å². The minimum Gasteiger partial charge on any atom is -0.469 e. The van der Waals surface area contributed by atoms with Gasteiger partial charge < -0.3 is 9.47 Å². The first-order valence-electron chi connectivity index (χ1n) is 6.49. The van der Waals surface area contributed by atoms with Crippen LogP contribution in [0, 0.1) is 11.8 Å². The molecule has 3 nitrogen and oxygen atoms in total. The summed E-state index contributed by atoms with van der Waals surface area (Å²) in [7, 11) is 1.44. The van der Waals surface area contributed by atoms with Gasteiger partial charge in [-0.05, 0) is 30.7 Å². The Hall–Kier alpha value is -1.35. The molecule has 0 radical (unpaired) electrons. The van der Waals surface area contributed by atoms with Crippen LogP contribution in [0.3, 0.4) is 0 Å². The van der Waals surface area contributed by atoms with E-state index in [1.54, 1.807) is 0 Å². The highest BCUT2D eigenvalue weighted by Gasteiger charge is 2.28. The molecule has 0 spiro atoms. The fourth-order valence-corrected chi connectivity index (χ4v) is 2.46. The van der Waals surface area contributed by atoms with E-state index in [2.05, 4.69) is 24.3 Å². The first-order valence-corrected chi connectivity index (χ1v) is 6.49. The summed E-state index contributed by atoms with van der Waals surface area (Å²) in [5.74, 6) is 0.243. The zero-order chi connectivity index (χ0) is 12.8. The molecule has 0 N–H and O–H groups in total. The highest BCUT2D eigenvalue weighted by molar-refractivity contribution is 5.72. The van der Waals surface area contributed by atoms with Crippen molar-refractivity contribution in [2.24, 2.45) is 11.8 Å². The van der Waals surface area contributed by atoms with Crippen molar-refractivity contribution in [3.8, 4) is 0 Å². The molecule has 1 aliphatic rings. The molecular weight excluding hydrogens is 228 g/mol. The number of benzene rings is 1. The van der Waals surface area contributed by atoms with Crippen molar-refractivity contribution in [3.05, 3.63) is 35.9 Å². The maximum absolute atomic E-state index is 11.5. The third kappa shape index (κ3) is 3.57. The van der Waals surface area contributed by atoms with E-state index < -0.39 is 0 Å². The molecular formula is C15H20O3. The number of hydrogen-bond acceptors (Lipinski definition) is 3. The molecule has 0 aliphatic carbocycles. The van der Waals surface area contributed by atoms with Crippen LogP contribution in [0.5, 0.6) is 0 Å². The first-order chi connectivity index (χ1) is 8.79. The lowest BCUT2D eigenvalue weighted by Crippen LogP contribution is -2.31. The summed E-state index contributed by atoms with van der Waals surface area (Å²) in [6, 6.07) is 10.4. The monoisotopic (exact) mass is 248 g/mol. The number of esters is 1. The van der Waals surface area contributed by atoms with Gasteiger partial charge in [-0.3, -0.25) is 4.79 Å². The van der Waals surface area contributed by atoms with Crippen LogP contribution in [-0.4, -0.2) is 26.3 Å². The average Bonchev–Trinajstić information content (AvgIpc) is 2.45. The first kappa shape index (κ1) is 13.1. The summed E-state index contributed by atoms with van der Waals surface area (Å²) in [5.41, 5.74) is 1.35. The van der Waals surface area contributed by atoms with Gasteiger partial charge in [0.25, 0.3) is 0 Å². The second-order valence-electron chi connectivity index (χ2n) is 4.88. The molecule has 1 fully saturated rings. The molecule has 1 saturated heterocycles. The van der Waals surface area contributed by atoms with Crippen molar-refractivity contribution in [2.45, 2.75) is 19.3 Å². The van der Waals surface area contributed by atoms with Gasteiger partial charge in [0.05, 0.1) is 19.6 Å². The topological polar surface area (TPSA) is 35.5 Å². The molecule has 2 rings (SSSR count). The number of hydrogen-bond donors (Lipinski definition) is 0. The molecule has 0 aromatic heterocycles. The van der Waals surface area contributed by atoms with Gasteiger partial charge in [-0.1, -0.05) is 30.3 Å². The predicted octanol–water partition coefficient (Wildman–Crippen LogP) is 2.44. The van der Waals surface area contributed by atoms with Crippen molar-refractivity contribution in [1.82, 2.24) is 0 Å². The number of methoxy groups -OCH3 is 1. The average molecular weight is 248 g/mol. The predicted molar refractivity (Wildman–Crippen MR) is 69.2 cm³/mol. The maximum atomic E-state index is 11.5. The molecule has 2 atom stereocenters. The van der Waals surface area contributed by atoms with Crippen LogP contribution < -0.4 is 0 Å². The Morgan fingerprint density at radius 1 is 1.33 bits per heavy atom. The normalized spacial score (nSPS) is 23.6. The molecule has 0 bridgehead atoms. The molecule has 1 aromatic rings. The van der Waals surface area contributed by atoms with E-state index in [9.17, 15) is 4.79 Å². The summed E-state index contributed by atoms with van der Waals surface area (Å²) in [5, 5.41) is 0. The van der Waals surface area contributed by atoms with Crippen LogP contribution in [0.25, 0.3) is 0 Å². The summed E-state index contributed by atoms with van der Waals surface area (Å²) in [4.78, 5) is 11.5. The Morgan fingerprint density at radius 3 is 2.83 bits per heavy atom. The van der Waals surface area contributed by atoms with Gasteiger partial charge in [-0.15, -0.1) is 0 Å². The van der Waals surface area contributed by atoms with E-state index in [1.807, 2.05) is 6.07 Å². The third-order valence-corrected chi connectivity index (χ3v) is 3.51. The van der Waals surface area contributed by atoms with Crippen LogP contribution in [-0.2, 0) is 20.7 Å². The molecule has 1 heterocycles. The summed E-state index contributed by atoms with van der Waals surface area (Å²) < 4.78 is 10.3. The quantitative estimate of drug-likeness (QED) is 0.768. The Balaban J connectivity index is 1.81. The third-order valence-electron chi connectivity index (χ3n) is 3.51. The minimum atomic E-state index is -0.139. The highest BCUT2D eigenvalue weighted by atomic mass is 16.5. The second-order valence-corrected chi connectivity index (χ2v) is 4.88. The van der Waals surface area contributed by atoms with Crippen LogP contribution in [0.2, 0.25) is 0 Å². The van der Waals surface area contributed by atoms with E-state index >= 15 is 0 Å². The maximum Gasteiger partial charge on any atom is 0.311 e. The standard InChI is InChI=1S/C15H20O3/c1-17-15(16)14-9-13(10-18-11-14)8-7-12-5-3-2-4-6-12/h2-6,13-14H,7-11H2,1H3/t13-,14-/m0/s1. The van der Waals surface area contributed by atoms with E-state index in [1.165, 1.54) is 12.7 Å². The number of aryl methyl sites for hydroxylation is 1. The van der Waals surface area contributed by atoms with Gasteiger partial charge in [0, 0.05) is 6.61 Å². The van der Waals surface area contributed by atoms with E-state index in [0.717, 1.165) is 25.9 Å². The molecule has 0 saturated carbocycles. The van der Waals surface area contributed by atoms with E-state index in [4.69, 9.17) is 9.47 Å². The van der Waals surface area contributed by atoms with Crippen molar-refractivity contribution < 1.29 is 14.3 Å². The van der Waals surface area contributed by atoms with Crippen LogP contribution in [0.1, 0.15) is 18.4 Å². The summed E-state index contributed by atoms with van der Waals surface area (Å²) in [6.07, 6.45) is 3.00. The fraction of sp³-hybridized carbons (Fsp3) is 0.533. The van der Waals surface area contributed by atoms with Crippen molar-refractivity contribution in [3.63, 3.8) is 0 Å². The van der Waals surface area contributed by atoms with E-state index in [0.29, 0.717) is 12.5 Å². The molecule has 18 heavy (non-hydrogen) atoms. The van der Waals surface area contributed by atoms with Gasteiger partial charge in [0.15, 0.2) is 0 Å². The van der Waals surface area contributed by atoms with Crippen molar-refractivity contribution in [1.29, 1.82) is 0 Å². The highest BCUT2D eigenvalue weighted by Crippen LogP contribution is 2.24. The van der Waals surface area contributed by atoms with Gasteiger partial charge in [0.2, 0.25) is 0 Å². The molecule has 0 unspecified atom stereocenters. The Labute approximate surface area is 108 Å². The van der Waals surface area contributed by atoms with Gasteiger partial charge >= 0.3 is 5.97 Å². The van der Waals surface area contributed by atoms with Gasteiger partial charge in [0.1, 0.15) is 0 Å². The zero-order valence-corrected chi connectivity index (χ0v) is 10.8. The lowest BCUT2D eigenvalue weighted by Gasteiger charge is -2.27. The second kappa shape index (κ2) is 6.55. The molecule has 0 amide bonds. The number of rotatable bonds is 4. The molecule has 1 aliphatic heterocycles. The lowest BCUT2D eigenvalue weighted by molar-refractivity contribution is -0.151. The molecule has 98 valence electrons. The molecule has 3 heteroatoms. The SMILES string of the molecule is COC(=O)[C@@H]1COC[C@@H](CCc2ccccc2)C1. The Bertz CT molecular complexity index is 375. The number of carbonyl (C=O) groups excluding carboxylic acids is 1. The van der Waals surface area contributed by atoms with Crippen molar-refractivity contribution in [2.75, 3.05) is 20.3 Å². The van der Waals surface area contributed by atoms with Gasteiger partial charge in [-0.25, -0.2) is 0 Å². The number of carbonyl (C=O) groups is 1. The van der Waals surface area contributed by atoms with Crippen LogP contribution >= 0.6 is 0 Å². The smallest absolute Gasteiger partial charge is 0.311 e. The lowest BCUT2D eigenvalue weighted by atomic mass is 9.88. The zero-order valence-electron chi connectivity index (χ0n) is 10.8. The molecule has 1 aromatic carbocycles. The Morgan fingerprint density at radius 2 is 2.11 bits per heavy atom. The largest absolute Gasteiger partial charge is 0.469 e. The Kier molecular flexibility index (Phi) is 4.76. The summed E-state index contributed by atoms with van der Waals surface area (Å²) >= 11 is 0. The number of ether oxygens (including phenoxy) is 2. The van der Waals surface area contributed by atoms with Crippen LogP contribution in [0.4, 0.5) is 0 Å².